The molecule has 59 heavy (non-hydrogen) atoms. The fraction of sp³-hybridized carbons (Fsp3) is 0.963. The number of carbonyl (C=O) groups is 2. The maximum absolute atomic E-state index is 13.7. The van der Waals surface area contributed by atoms with Gasteiger partial charge in [0.15, 0.2) is 0 Å². The summed E-state index contributed by atoms with van der Waals surface area (Å²) in [6.45, 7) is 6.38. The topological polar surface area (TPSA) is 49.9 Å². The summed E-state index contributed by atoms with van der Waals surface area (Å²) in [5.74, 6) is 0.220. The van der Waals surface area contributed by atoms with E-state index >= 15 is 0 Å². The Balaban J connectivity index is 1.63. The van der Waals surface area contributed by atoms with Gasteiger partial charge in [-0.05, 0) is 38.5 Å². The van der Waals surface area contributed by atoms with Crippen molar-refractivity contribution in [2.75, 3.05) is 26.3 Å². The summed E-state index contributed by atoms with van der Waals surface area (Å²) >= 11 is 0. The molecule has 0 radical (unpaired) electrons. The first kappa shape index (κ1) is 54.0. The number of carbonyl (C=O) groups excluding carboxylic acids is 2. The molecule has 348 valence electrons. The number of hydrogen-bond acceptors (Lipinski definition) is 3. The second-order valence-corrected chi connectivity index (χ2v) is 19.6. The van der Waals surface area contributed by atoms with Crippen LogP contribution in [0.4, 0.5) is 0 Å². The van der Waals surface area contributed by atoms with Gasteiger partial charge in [0, 0.05) is 25.2 Å². The monoisotopic (exact) mass is 829 g/mol. The van der Waals surface area contributed by atoms with Crippen LogP contribution in [0.15, 0.2) is 0 Å². The first-order chi connectivity index (χ1) is 29.2. The van der Waals surface area contributed by atoms with Gasteiger partial charge in [-0.1, -0.05) is 258 Å². The zero-order chi connectivity index (χ0) is 42.1. The standard InChI is InChI=1S/C54H104N2O3/c1-3-5-7-9-11-13-15-17-19-21-23-25-27-29-31-33-41-47-55(48-42-34-32-30-28-26-24-22-20-18-16-14-12-10-8-6-4-2)53(57)49-59-50-54(58)56(51-43-37-35-38-44-51)52-45-39-36-40-46-52/h51-52H,3-50H2,1-2H3. The first-order valence-corrected chi connectivity index (χ1v) is 27.3. The minimum Gasteiger partial charge on any atom is -0.362 e. The predicted molar refractivity (Wildman–Crippen MR) is 256 cm³/mol. The summed E-state index contributed by atoms with van der Waals surface area (Å²) in [5.41, 5.74) is 0. The number of nitrogens with zero attached hydrogens (tertiary/aromatic N) is 2. The van der Waals surface area contributed by atoms with Crippen molar-refractivity contribution in [3.05, 3.63) is 0 Å². The van der Waals surface area contributed by atoms with E-state index in [0.717, 1.165) is 51.6 Å². The molecule has 2 saturated carbocycles. The van der Waals surface area contributed by atoms with Gasteiger partial charge in [0.25, 0.3) is 0 Å². The van der Waals surface area contributed by atoms with Crippen LogP contribution in [0.25, 0.3) is 0 Å². The van der Waals surface area contributed by atoms with Crippen molar-refractivity contribution in [3.63, 3.8) is 0 Å². The molecule has 0 spiro atoms. The van der Waals surface area contributed by atoms with Crippen LogP contribution in [0.3, 0.4) is 0 Å². The van der Waals surface area contributed by atoms with E-state index in [1.54, 1.807) is 0 Å². The summed E-state index contributed by atoms with van der Waals surface area (Å²) in [6, 6.07) is 0.740. The summed E-state index contributed by atoms with van der Waals surface area (Å²) in [6.07, 6.45) is 58.6. The highest BCUT2D eigenvalue weighted by Gasteiger charge is 2.32. The molecule has 0 bridgehead atoms. The normalized spacial score (nSPS) is 15.2. The summed E-state index contributed by atoms with van der Waals surface area (Å²) < 4.78 is 5.99. The molecule has 0 atom stereocenters. The minimum atomic E-state index is 0.0484. The Kier molecular flexibility index (Phi) is 37.5. The van der Waals surface area contributed by atoms with Gasteiger partial charge in [0.1, 0.15) is 13.2 Å². The van der Waals surface area contributed by atoms with Crippen LogP contribution in [-0.2, 0) is 14.3 Å². The molecule has 2 fully saturated rings. The number of hydrogen-bond donors (Lipinski definition) is 0. The molecular formula is C54H104N2O3. The van der Waals surface area contributed by atoms with Crippen LogP contribution in [0.5, 0.6) is 0 Å². The predicted octanol–water partition coefficient (Wildman–Crippen LogP) is 16.6. The van der Waals surface area contributed by atoms with E-state index < -0.39 is 0 Å². The Morgan fingerprint density at radius 3 is 0.898 bits per heavy atom. The zero-order valence-electron chi connectivity index (χ0n) is 40.2. The van der Waals surface area contributed by atoms with E-state index in [1.165, 1.54) is 244 Å². The van der Waals surface area contributed by atoms with E-state index in [-0.39, 0.29) is 25.0 Å². The smallest absolute Gasteiger partial charge is 0.249 e. The molecule has 0 aliphatic heterocycles. The van der Waals surface area contributed by atoms with Crippen molar-refractivity contribution in [1.29, 1.82) is 0 Å². The van der Waals surface area contributed by atoms with E-state index in [1.807, 2.05) is 0 Å². The van der Waals surface area contributed by atoms with E-state index in [9.17, 15) is 9.59 Å². The molecule has 5 nitrogen and oxygen atoms in total. The summed E-state index contributed by atoms with van der Waals surface area (Å²) in [7, 11) is 0. The first-order valence-electron chi connectivity index (χ1n) is 27.3. The Bertz CT molecular complexity index is 857. The van der Waals surface area contributed by atoms with Crippen LogP contribution in [0.1, 0.15) is 296 Å². The lowest BCUT2D eigenvalue weighted by molar-refractivity contribution is -0.146. The fourth-order valence-corrected chi connectivity index (χ4v) is 10.2. The van der Waals surface area contributed by atoms with Gasteiger partial charge in [-0.2, -0.15) is 0 Å². The molecule has 0 unspecified atom stereocenters. The lowest BCUT2D eigenvalue weighted by Gasteiger charge is -2.41. The lowest BCUT2D eigenvalue weighted by atomic mass is 9.88. The van der Waals surface area contributed by atoms with Gasteiger partial charge in [0.2, 0.25) is 11.8 Å². The minimum absolute atomic E-state index is 0.0484. The molecule has 2 rings (SSSR count). The molecule has 2 amide bonds. The average molecular weight is 829 g/mol. The third-order valence-corrected chi connectivity index (χ3v) is 14.1. The highest BCUT2D eigenvalue weighted by atomic mass is 16.5. The van der Waals surface area contributed by atoms with Crippen LogP contribution in [-0.4, -0.2) is 60.0 Å². The number of amides is 2. The zero-order valence-corrected chi connectivity index (χ0v) is 40.2. The summed E-state index contributed by atoms with van der Waals surface area (Å²) in [5, 5.41) is 0. The molecule has 0 heterocycles. The Labute approximate surface area is 369 Å². The van der Waals surface area contributed by atoms with Gasteiger partial charge in [-0.15, -0.1) is 0 Å². The van der Waals surface area contributed by atoms with Crippen LogP contribution in [0.2, 0.25) is 0 Å². The van der Waals surface area contributed by atoms with Crippen LogP contribution in [0, 0.1) is 0 Å². The Morgan fingerprint density at radius 2 is 0.610 bits per heavy atom. The van der Waals surface area contributed by atoms with Crippen molar-refractivity contribution < 1.29 is 14.3 Å². The van der Waals surface area contributed by atoms with Gasteiger partial charge in [-0.3, -0.25) is 9.59 Å². The highest BCUT2D eigenvalue weighted by Crippen LogP contribution is 2.30. The molecule has 0 aromatic rings. The second kappa shape index (κ2) is 40.9. The van der Waals surface area contributed by atoms with E-state index in [0.29, 0.717) is 12.1 Å². The molecule has 2 aliphatic rings. The fourth-order valence-electron chi connectivity index (χ4n) is 10.2. The molecule has 0 saturated heterocycles. The lowest BCUT2D eigenvalue weighted by Crippen LogP contribution is -2.50. The molecular weight excluding hydrogens is 725 g/mol. The quantitative estimate of drug-likeness (QED) is 0.0576. The van der Waals surface area contributed by atoms with Gasteiger partial charge < -0.3 is 14.5 Å². The molecule has 2 aliphatic carbocycles. The van der Waals surface area contributed by atoms with E-state index in [2.05, 4.69) is 23.6 Å². The van der Waals surface area contributed by atoms with E-state index in [4.69, 9.17) is 4.74 Å². The summed E-state index contributed by atoms with van der Waals surface area (Å²) in [4.78, 5) is 31.6. The van der Waals surface area contributed by atoms with Gasteiger partial charge in [-0.25, -0.2) is 0 Å². The second-order valence-electron chi connectivity index (χ2n) is 19.6. The average Bonchev–Trinajstić information content (AvgIpc) is 3.25. The van der Waals surface area contributed by atoms with Gasteiger partial charge >= 0.3 is 0 Å². The third-order valence-electron chi connectivity index (χ3n) is 14.1. The van der Waals surface area contributed by atoms with Crippen molar-refractivity contribution >= 4 is 11.8 Å². The van der Waals surface area contributed by atoms with Crippen molar-refractivity contribution in [2.24, 2.45) is 0 Å². The van der Waals surface area contributed by atoms with Gasteiger partial charge in [0.05, 0.1) is 0 Å². The van der Waals surface area contributed by atoms with Crippen LogP contribution >= 0.6 is 0 Å². The molecule has 0 aromatic heterocycles. The van der Waals surface area contributed by atoms with Crippen molar-refractivity contribution in [2.45, 2.75) is 308 Å². The third kappa shape index (κ3) is 30.6. The van der Waals surface area contributed by atoms with Crippen LogP contribution < -0.4 is 0 Å². The van der Waals surface area contributed by atoms with Crippen molar-refractivity contribution in [1.82, 2.24) is 9.80 Å². The number of unbranched alkanes of at least 4 members (excludes halogenated alkanes) is 32. The molecule has 0 N–H and O–H groups in total. The van der Waals surface area contributed by atoms with Crippen molar-refractivity contribution in [3.8, 4) is 0 Å². The number of rotatable bonds is 42. The maximum Gasteiger partial charge on any atom is 0.249 e. The molecule has 0 aromatic carbocycles. The largest absolute Gasteiger partial charge is 0.362 e. The highest BCUT2D eigenvalue weighted by molar-refractivity contribution is 5.80. The SMILES string of the molecule is CCCCCCCCCCCCCCCCCCCN(CCCCCCCCCCCCCCCCCCC)C(=O)COCC(=O)N(C1CCCCC1)C1CCCCC1. The Hall–Kier alpha value is -1.10. The Morgan fingerprint density at radius 1 is 0.356 bits per heavy atom. The maximum atomic E-state index is 13.7. The molecule has 5 heteroatoms. The number of ether oxygens (including phenoxy) is 1.